The van der Waals surface area contributed by atoms with Crippen molar-refractivity contribution in [1.82, 2.24) is 15.1 Å². The maximum atomic E-state index is 12.0. The van der Waals surface area contributed by atoms with Crippen molar-refractivity contribution < 1.29 is 14.7 Å². The third kappa shape index (κ3) is 3.83. The van der Waals surface area contributed by atoms with Crippen LogP contribution in [0.2, 0.25) is 0 Å². The number of hydrogen-bond donors (Lipinski definition) is 2. The van der Waals surface area contributed by atoms with Gasteiger partial charge in [0.15, 0.2) is 0 Å². The van der Waals surface area contributed by atoms with Gasteiger partial charge in [-0.15, -0.1) is 0 Å². The van der Waals surface area contributed by atoms with Gasteiger partial charge >= 0.3 is 12.0 Å². The molecule has 6 heteroatoms. The van der Waals surface area contributed by atoms with E-state index in [1.54, 1.807) is 0 Å². The molecule has 2 N–H and O–H groups in total. The molecule has 1 aliphatic carbocycles. The number of piperazine rings is 1. The number of carboxylic acid groups (broad SMARTS) is 1. The Balaban J connectivity index is 1.68. The Kier molecular flexibility index (Phi) is 3.99. The number of nitrogens with one attached hydrogen (secondary N) is 1. The molecular weight excluding hydrogens is 246 g/mol. The van der Waals surface area contributed by atoms with Crippen LogP contribution in [0.1, 0.15) is 26.7 Å². The van der Waals surface area contributed by atoms with E-state index in [2.05, 4.69) is 24.1 Å². The summed E-state index contributed by atoms with van der Waals surface area (Å²) in [5.74, 6) is -0.767. The molecule has 0 spiro atoms. The fraction of sp³-hybridized carbons (Fsp3) is 0.846. The van der Waals surface area contributed by atoms with E-state index in [4.69, 9.17) is 5.11 Å². The average molecular weight is 269 g/mol. The second-order valence-electron chi connectivity index (χ2n) is 6.17. The van der Waals surface area contributed by atoms with Crippen molar-refractivity contribution >= 4 is 12.0 Å². The summed E-state index contributed by atoms with van der Waals surface area (Å²) in [4.78, 5) is 26.4. The van der Waals surface area contributed by atoms with Crippen LogP contribution in [-0.4, -0.2) is 65.7 Å². The van der Waals surface area contributed by atoms with Crippen molar-refractivity contribution in [1.29, 1.82) is 0 Å². The molecule has 1 unspecified atom stereocenters. The number of carboxylic acids is 1. The van der Waals surface area contributed by atoms with Crippen LogP contribution in [0.3, 0.4) is 0 Å². The molecule has 6 nitrogen and oxygen atoms in total. The highest BCUT2D eigenvalue weighted by Crippen LogP contribution is 2.44. The summed E-state index contributed by atoms with van der Waals surface area (Å²) in [5, 5.41) is 11.7. The lowest BCUT2D eigenvalue weighted by molar-refractivity contribution is -0.137. The molecule has 19 heavy (non-hydrogen) atoms. The Bertz CT molecular complexity index is 362. The topological polar surface area (TPSA) is 72.9 Å². The monoisotopic (exact) mass is 269 g/mol. The molecule has 2 aliphatic rings. The van der Waals surface area contributed by atoms with Gasteiger partial charge in [-0.25, -0.2) is 4.79 Å². The second-order valence-corrected chi connectivity index (χ2v) is 6.17. The van der Waals surface area contributed by atoms with Gasteiger partial charge in [-0.1, -0.05) is 13.8 Å². The van der Waals surface area contributed by atoms with Crippen LogP contribution in [0.25, 0.3) is 0 Å². The summed E-state index contributed by atoms with van der Waals surface area (Å²) in [6, 6.07) is 0.332. The third-order valence-corrected chi connectivity index (χ3v) is 4.11. The molecule has 2 rings (SSSR count). The smallest absolute Gasteiger partial charge is 0.317 e. The zero-order chi connectivity index (χ0) is 14.0. The molecular formula is C13H23N3O3. The van der Waals surface area contributed by atoms with Gasteiger partial charge in [-0.3, -0.25) is 9.69 Å². The number of rotatable bonds is 4. The normalized spacial score (nSPS) is 26.0. The minimum Gasteiger partial charge on any atom is -0.481 e. The Morgan fingerprint density at radius 2 is 1.84 bits per heavy atom. The van der Waals surface area contributed by atoms with Gasteiger partial charge in [-0.2, -0.15) is 0 Å². The summed E-state index contributed by atoms with van der Waals surface area (Å²) in [6.45, 7) is 7.75. The first kappa shape index (κ1) is 14.1. The Labute approximate surface area is 113 Å². The standard InChI is InChI=1S/C13H23N3O3/c1-13(2)9-10(13)14-12(19)16-7-5-15(6-8-16)4-3-11(17)18/h10H,3-9H2,1-2H3,(H,14,19)(H,17,18). The molecule has 1 saturated carbocycles. The number of hydrogen-bond acceptors (Lipinski definition) is 3. The van der Waals surface area contributed by atoms with E-state index >= 15 is 0 Å². The van der Waals surface area contributed by atoms with Gasteiger partial charge in [0, 0.05) is 38.8 Å². The number of carbonyl (C=O) groups excluding carboxylic acids is 1. The van der Waals surface area contributed by atoms with Crippen LogP contribution in [0.15, 0.2) is 0 Å². The molecule has 108 valence electrons. The first-order valence-corrected chi connectivity index (χ1v) is 6.88. The molecule has 1 saturated heterocycles. The Morgan fingerprint density at radius 3 is 2.32 bits per heavy atom. The largest absolute Gasteiger partial charge is 0.481 e. The maximum Gasteiger partial charge on any atom is 0.317 e. The van der Waals surface area contributed by atoms with Gasteiger partial charge in [0.05, 0.1) is 6.42 Å². The number of aliphatic carboxylic acids is 1. The fourth-order valence-corrected chi connectivity index (χ4v) is 2.38. The minimum atomic E-state index is -0.767. The summed E-state index contributed by atoms with van der Waals surface area (Å²) in [6.07, 6.45) is 1.22. The Morgan fingerprint density at radius 1 is 1.26 bits per heavy atom. The van der Waals surface area contributed by atoms with Crippen molar-refractivity contribution in [2.75, 3.05) is 32.7 Å². The van der Waals surface area contributed by atoms with Crippen molar-refractivity contribution in [3.8, 4) is 0 Å². The summed E-state index contributed by atoms with van der Waals surface area (Å²) in [7, 11) is 0. The van der Waals surface area contributed by atoms with Gasteiger partial charge in [0.25, 0.3) is 0 Å². The summed E-state index contributed by atoms with van der Waals surface area (Å²) < 4.78 is 0. The van der Waals surface area contributed by atoms with Gasteiger partial charge in [-0.05, 0) is 11.8 Å². The lowest BCUT2D eigenvalue weighted by Gasteiger charge is -2.34. The van der Waals surface area contributed by atoms with Crippen molar-refractivity contribution in [3.63, 3.8) is 0 Å². The molecule has 2 fully saturated rings. The van der Waals surface area contributed by atoms with E-state index in [0.29, 0.717) is 25.7 Å². The predicted molar refractivity (Wildman–Crippen MR) is 71.0 cm³/mol. The minimum absolute atomic E-state index is 0.0217. The van der Waals surface area contributed by atoms with Crippen LogP contribution < -0.4 is 5.32 Å². The maximum absolute atomic E-state index is 12.0. The number of amides is 2. The molecule has 0 radical (unpaired) electrons. The second kappa shape index (κ2) is 5.36. The van der Waals surface area contributed by atoms with Crippen LogP contribution >= 0.6 is 0 Å². The van der Waals surface area contributed by atoms with Crippen LogP contribution in [0, 0.1) is 5.41 Å². The van der Waals surface area contributed by atoms with Gasteiger partial charge < -0.3 is 15.3 Å². The lowest BCUT2D eigenvalue weighted by Crippen LogP contribution is -2.52. The van der Waals surface area contributed by atoms with E-state index in [1.807, 2.05) is 4.90 Å². The highest BCUT2D eigenvalue weighted by Gasteiger charge is 2.47. The average Bonchev–Trinajstić information content (AvgIpc) is 2.94. The highest BCUT2D eigenvalue weighted by molar-refractivity contribution is 5.75. The van der Waals surface area contributed by atoms with E-state index in [-0.39, 0.29) is 17.9 Å². The van der Waals surface area contributed by atoms with Crippen LogP contribution in [0.4, 0.5) is 4.79 Å². The molecule has 1 heterocycles. The first-order chi connectivity index (χ1) is 8.88. The van der Waals surface area contributed by atoms with Crippen LogP contribution in [-0.2, 0) is 4.79 Å². The van der Waals surface area contributed by atoms with E-state index in [1.165, 1.54) is 0 Å². The van der Waals surface area contributed by atoms with Crippen molar-refractivity contribution in [2.45, 2.75) is 32.7 Å². The molecule has 1 aliphatic heterocycles. The molecule has 0 aromatic heterocycles. The SMILES string of the molecule is CC1(C)CC1NC(=O)N1CCN(CCC(=O)O)CC1. The fourth-order valence-electron chi connectivity index (χ4n) is 2.38. The van der Waals surface area contributed by atoms with Crippen molar-refractivity contribution in [2.24, 2.45) is 5.41 Å². The van der Waals surface area contributed by atoms with E-state index in [9.17, 15) is 9.59 Å². The predicted octanol–water partition coefficient (Wildman–Crippen LogP) is 0.587. The lowest BCUT2D eigenvalue weighted by atomic mass is 10.2. The van der Waals surface area contributed by atoms with Gasteiger partial charge in [0.2, 0.25) is 0 Å². The molecule has 1 atom stereocenters. The van der Waals surface area contributed by atoms with E-state index in [0.717, 1.165) is 19.5 Å². The molecule has 2 amide bonds. The molecule has 0 aromatic carbocycles. The van der Waals surface area contributed by atoms with Crippen LogP contribution in [0.5, 0.6) is 0 Å². The number of carbonyl (C=O) groups is 2. The highest BCUT2D eigenvalue weighted by atomic mass is 16.4. The third-order valence-electron chi connectivity index (χ3n) is 4.11. The summed E-state index contributed by atoms with van der Waals surface area (Å²) in [5.41, 5.74) is 0.249. The van der Waals surface area contributed by atoms with Crippen molar-refractivity contribution in [3.05, 3.63) is 0 Å². The molecule has 0 aromatic rings. The quantitative estimate of drug-likeness (QED) is 0.783. The Hall–Kier alpha value is -1.30. The van der Waals surface area contributed by atoms with Gasteiger partial charge in [0.1, 0.15) is 0 Å². The number of nitrogens with zero attached hydrogens (tertiary/aromatic N) is 2. The zero-order valence-corrected chi connectivity index (χ0v) is 11.7. The molecule has 0 bridgehead atoms. The first-order valence-electron chi connectivity index (χ1n) is 6.88. The summed E-state index contributed by atoms with van der Waals surface area (Å²) >= 11 is 0. The number of urea groups is 1. The zero-order valence-electron chi connectivity index (χ0n) is 11.7. The van der Waals surface area contributed by atoms with E-state index < -0.39 is 5.97 Å².